The van der Waals surface area contributed by atoms with Crippen LogP contribution >= 0.6 is 0 Å². The van der Waals surface area contributed by atoms with Crippen molar-refractivity contribution in [3.63, 3.8) is 0 Å². The SMILES string of the molecule is CC1(C(=O)O)CN(C(=O)c2cnc(-c3ccccc3)cn2)C1. The molecule has 0 bridgehead atoms. The Morgan fingerprint density at radius 3 is 2.36 bits per heavy atom. The molecule has 0 spiro atoms. The van der Waals surface area contributed by atoms with E-state index in [2.05, 4.69) is 9.97 Å². The number of aromatic nitrogens is 2. The first kappa shape index (κ1) is 14.2. The quantitative estimate of drug-likeness (QED) is 0.932. The Morgan fingerprint density at radius 1 is 1.14 bits per heavy atom. The number of aliphatic carboxylic acids is 1. The summed E-state index contributed by atoms with van der Waals surface area (Å²) in [5.74, 6) is -1.17. The number of benzene rings is 1. The molecule has 2 heterocycles. The minimum atomic E-state index is -0.887. The van der Waals surface area contributed by atoms with E-state index in [-0.39, 0.29) is 24.7 Å². The minimum absolute atomic E-state index is 0.198. The number of hydrogen-bond donors (Lipinski definition) is 1. The zero-order chi connectivity index (χ0) is 15.7. The van der Waals surface area contributed by atoms with Crippen LogP contribution < -0.4 is 0 Å². The second kappa shape index (κ2) is 5.22. The van der Waals surface area contributed by atoms with Crippen molar-refractivity contribution in [1.29, 1.82) is 0 Å². The lowest BCUT2D eigenvalue weighted by atomic mass is 9.82. The smallest absolute Gasteiger partial charge is 0.312 e. The summed E-state index contributed by atoms with van der Waals surface area (Å²) < 4.78 is 0. The number of carboxylic acid groups (broad SMARTS) is 1. The van der Waals surface area contributed by atoms with Crippen LogP contribution in [0.15, 0.2) is 42.7 Å². The van der Waals surface area contributed by atoms with Crippen molar-refractivity contribution in [2.45, 2.75) is 6.92 Å². The molecule has 0 aliphatic carbocycles. The number of nitrogens with zero attached hydrogens (tertiary/aromatic N) is 3. The van der Waals surface area contributed by atoms with Crippen LogP contribution in [-0.4, -0.2) is 44.9 Å². The van der Waals surface area contributed by atoms with Gasteiger partial charge in [-0.3, -0.25) is 14.6 Å². The Hall–Kier alpha value is -2.76. The summed E-state index contributed by atoms with van der Waals surface area (Å²) in [5.41, 5.74) is 0.993. The van der Waals surface area contributed by atoms with Gasteiger partial charge in [-0.05, 0) is 6.92 Å². The van der Waals surface area contributed by atoms with E-state index in [1.54, 1.807) is 13.1 Å². The van der Waals surface area contributed by atoms with Gasteiger partial charge in [-0.25, -0.2) is 4.98 Å². The zero-order valence-corrected chi connectivity index (χ0v) is 12.1. The molecule has 1 aliphatic rings. The average molecular weight is 297 g/mol. The van der Waals surface area contributed by atoms with Gasteiger partial charge < -0.3 is 10.0 Å². The van der Waals surface area contributed by atoms with Crippen LogP contribution in [0.3, 0.4) is 0 Å². The monoisotopic (exact) mass is 297 g/mol. The molecular weight excluding hydrogens is 282 g/mol. The molecule has 6 nitrogen and oxygen atoms in total. The van der Waals surface area contributed by atoms with Crippen LogP contribution in [-0.2, 0) is 4.79 Å². The Bertz CT molecular complexity index is 707. The molecular formula is C16H15N3O3. The minimum Gasteiger partial charge on any atom is -0.481 e. The van der Waals surface area contributed by atoms with E-state index in [1.165, 1.54) is 11.1 Å². The van der Waals surface area contributed by atoms with E-state index in [4.69, 9.17) is 5.11 Å². The Labute approximate surface area is 127 Å². The summed E-state index contributed by atoms with van der Waals surface area (Å²) in [6.45, 7) is 2.02. The number of rotatable bonds is 3. The Morgan fingerprint density at radius 2 is 1.82 bits per heavy atom. The van der Waals surface area contributed by atoms with Crippen LogP contribution in [0.5, 0.6) is 0 Å². The lowest BCUT2D eigenvalue weighted by Gasteiger charge is -2.44. The fourth-order valence-corrected chi connectivity index (χ4v) is 2.43. The predicted molar refractivity (Wildman–Crippen MR) is 79.1 cm³/mol. The largest absolute Gasteiger partial charge is 0.481 e. The first-order valence-electron chi connectivity index (χ1n) is 6.90. The van der Waals surface area contributed by atoms with Crippen molar-refractivity contribution in [1.82, 2.24) is 14.9 Å². The maximum Gasteiger partial charge on any atom is 0.312 e. The normalized spacial score (nSPS) is 16.0. The molecule has 1 fully saturated rings. The van der Waals surface area contributed by atoms with Gasteiger partial charge in [0.05, 0.1) is 18.1 Å². The molecule has 1 aromatic carbocycles. The average Bonchev–Trinajstić information content (AvgIpc) is 2.52. The molecule has 1 N–H and O–H groups in total. The molecule has 0 saturated carbocycles. The number of carbonyl (C=O) groups is 2. The third kappa shape index (κ3) is 2.43. The summed E-state index contributed by atoms with van der Waals surface area (Å²) in [6, 6.07) is 9.56. The standard InChI is InChI=1S/C16H15N3O3/c1-16(15(21)22)9-19(10-16)14(20)13-8-17-12(7-18-13)11-5-3-2-4-6-11/h2-8H,9-10H2,1H3,(H,21,22). The molecule has 112 valence electrons. The van der Waals surface area contributed by atoms with E-state index in [0.29, 0.717) is 5.69 Å². The van der Waals surface area contributed by atoms with Gasteiger partial charge in [0.1, 0.15) is 11.1 Å². The van der Waals surface area contributed by atoms with Crippen molar-refractivity contribution in [2.75, 3.05) is 13.1 Å². The summed E-state index contributed by atoms with van der Waals surface area (Å²) in [5, 5.41) is 9.06. The molecule has 1 amide bonds. The van der Waals surface area contributed by atoms with Gasteiger partial charge in [-0.15, -0.1) is 0 Å². The van der Waals surface area contributed by atoms with Gasteiger partial charge in [-0.1, -0.05) is 30.3 Å². The highest BCUT2D eigenvalue weighted by molar-refractivity contribution is 5.94. The number of carboxylic acids is 1. The van der Waals surface area contributed by atoms with E-state index >= 15 is 0 Å². The highest BCUT2D eigenvalue weighted by atomic mass is 16.4. The fourth-order valence-electron chi connectivity index (χ4n) is 2.43. The van der Waals surface area contributed by atoms with Crippen molar-refractivity contribution in [2.24, 2.45) is 5.41 Å². The van der Waals surface area contributed by atoms with Crippen molar-refractivity contribution < 1.29 is 14.7 Å². The summed E-state index contributed by atoms with van der Waals surface area (Å²) >= 11 is 0. The summed E-state index contributed by atoms with van der Waals surface area (Å²) in [4.78, 5) is 33.1. The van der Waals surface area contributed by atoms with E-state index < -0.39 is 11.4 Å². The third-order valence-electron chi connectivity index (χ3n) is 3.82. The highest BCUT2D eigenvalue weighted by Crippen LogP contribution is 2.30. The maximum absolute atomic E-state index is 12.2. The lowest BCUT2D eigenvalue weighted by molar-refractivity contribution is -0.155. The van der Waals surface area contributed by atoms with Crippen molar-refractivity contribution >= 4 is 11.9 Å². The topological polar surface area (TPSA) is 83.4 Å². The van der Waals surface area contributed by atoms with Crippen LogP contribution in [0.4, 0.5) is 0 Å². The fraction of sp³-hybridized carbons (Fsp3) is 0.250. The second-order valence-corrected chi connectivity index (χ2v) is 5.68. The lowest BCUT2D eigenvalue weighted by Crippen LogP contribution is -2.60. The van der Waals surface area contributed by atoms with Gasteiger partial charge in [0.25, 0.3) is 5.91 Å². The molecule has 0 unspecified atom stereocenters. The summed E-state index contributed by atoms with van der Waals surface area (Å²) in [6.07, 6.45) is 2.99. The molecule has 1 saturated heterocycles. The van der Waals surface area contributed by atoms with Crippen LogP contribution in [0.2, 0.25) is 0 Å². The first-order valence-corrected chi connectivity index (χ1v) is 6.90. The molecule has 0 radical (unpaired) electrons. The molecule has 1 aliphatic heterocycles. The van der Waals surface area contributed by atoms with Crippen molar-refractivity contribution in [3.8, 4) is 11.3 Å². The zero-order valence-electron chi connectivity index (χ0n) is 12.1. The van der Waals surface area contributed by atoms with E-state index in [0.717, 1.165) is 5.56 Å². The molecule has 22 heavy (non-hydrogen) atoms. The van der Waals surface area contributed by atoms with Crippen LogP contribution in [0.1, 0.15) is 17.4 Å². The first-order chi connectivity index (χ1) is 10.5. The van der Waals surface area contributed by atoms with E-state index in [1.807, 2.05) is 30.3 Å². The van der Waals surface area contributed by atoms with Crippen LogP contribution in [0.25, 0.3) is 11.3 Å². The highest BCUT2D eigenvalue weighted by Gasteiger charge is 2.47. The molecule has 1 aromatic heterocycles. The Balaban J connectivity index is 1.72. The van der Waals surface area contributed by atoms with Gasteiger partial charge in [0.2, 0.25) is 0 Å². The summed E-state index contributed by atoms with van der Waals surface area (Å²) in [7, 11) is 0. The van der Waals surface area contributed by atoms with Crippen LogP contribution in [0, 0.1) is 5.41 Å². The Kier molecular flexibility index (Phi) is 3.36. The number of amides is 1. The maximum atomic E-state index is 12.2. The van der Waals surface area contributed by atoms with E-state index in [9.17, 15) is 9.59 Å². The molecule has 3 rings (SSSR count). The number of hydrogen-bond acceptors (Lipinski definition) is 4. The predicted octanol–water partition coefficient (Wildman–Crippen LogP) is 1.69. The van der Waals surface area contributed by atoms with Gasteiger partial charge in [0.15, 0.2) is 0 Å². The third-order valence-corrected chi connectivity index (χ3v) is 3.82. The second-order valence-electron chi connectivity index (χ2n) is 5.68. The molecule has 0 atom stereocenters. The molecule has 6 heteroatoms. The number of carbonyl (C=O) groups excluding carboxylic acids is 1. The number of likely N-dealkylation sites (tertiary alicyclic amines) is 1. The van der Waals surface area contributed by atoms with Gasteiger partial charge in [0, 0.05) is 18.7 Å². The van der Waals surface area contributed by atoms with Gasteiger partial charge in [-0.2, -0.15) is 0 Å². The van der Waals surface area contributed by atoms with Gasteiger partial charge >= 0.3 is 5.97 Å². The molecule has 2 aromatic rings. The van der Waals surface area contributed by atoms with Crippen molar-refractivity contribution in [3.05, 3.63) is 48.4 Å².